The van der Waals surface area contributed by atoms with Crippen LogP contribution in [0.1, 0.15) is 15.9 Å². The number of carbonyl (C=O) groups is 1. The number of nitrogens with zero attached hydrogens (tertiary/aromatic N) is 3. The van der Waals surface area contributed by atoms with E-state index in [0.29, 0.717) is 22.3 Å². The minimum absolute atomic E-state index is 0.399. The quantitative estimate of drug-likeness (QED) is 0.778. The van der Waals surface area contributed by atoms with Crippen molar-refractivity contribution in [2.24, 2.45) is 12.8 Å². The van der Waals surface area contributed by atoms with Crippen molar-refractivity contribution in [1.82, 2.24) is 9.55 Å². The van der Waals surface area contributed by atoms with Crippen molar-refractivity contribution in [3.63, 3.8) is 0 Å². The van der Waals surface area contributed by atoms with Crippen molar-refractivity contribution in [3.8, 4) is 17.2 Å². The summed E-state index contributed by atoms with van der Waals surface area (Å²) in [6.45, 7) is 0. The molecule has 2 N–H and O–H groups in total. The zero-order chi connectivity index (χ0) is 15.0. The lowest BCUT2D eigenvalue weighted by Gasteiger charge is -2.10. The summed E-state index contributed by atoms with van der Waals surface area (Å²) in [6, 6.07) is 12.9. The third-order valence-electron chi connectivity index (χ3n) is 3.47. The summed E-state index contributed by atoms with van der Waals surface area (Å²) >= 11 is 0. The van der Waals surface area contributed by atoms with Gasteiger partial charge in [-0.2, -0.15) is 5.26 Å². The zero-order valence-corrected chi connectivity index (χ0v) is 11.4. The molecule has 0 bridgehead atoms. The van der Waals surface area contributed by atoms with Gasteiger partial charge in [-0.25, -0.2) is 4.98 Å². The van der Waals surface area contributed by atoms with Crippen LogP contribution in [0, 0.1) is 11.3 Å². The first kappa shape index (κ1) is 12.9. The lowest BCUT2D eigenvalue weighted by molar-refractivity contribution is 0.100. The summed E-state index contributed by atoms with van der Waals surface area (Å²) in [4.78, 5) is 15.8. The standard InChI is InChI=1S/C16H12N4O/c1-20-9-19-14-7-6-11(13(8-17)15(14)20)10-4-2-3-5-12(10)16(18)21/h2-7,9H,1H3,(H2,18,21). The Balaban J connectivity index is 2.39. The number of imidazole rings is 1. The molecule has 0 radical (unpaired) electrons. The Morgan fingerprint density at radius 2 is 2.00 bits per heavy atom. The molecular weight excluding hydrogens is 264 g/mol. The Hall–Kier alpha value is -3.13. The predicted molar refractivity (Wildman–Crippen MR) is 79.4 cm³/mol. The fourth-order valence-electron chi connectivity index (χ4n) is 2.52. The van der Waals surface area contributed by atoms with Crippen LogP contribution in [0.3, 0.4) is 0 Å². The van der Waals surface area contributed by atoms with E-state index in [4.69, 9.17) is 5.73 Å². The molecule has 3 rings (SSSR count). The van der Waals surface area contributed by atoms with Crippen LogP contribution >= 0.6 is 0 Å². The van der Waals surface area contributed by atoms with E-state index in [9.17, 15) is 10.1 Å². The maximum atomic E-state index is 11.6. The Bertz CT molecular complexity index is 902. The number of aromatic nitrogens is 2. The summed E-state index contributed by atoms with van der Waals surface area (Å²) in [6.07, 6.45) is 1.66. The lowest BCUT2D eigenvalue weighted by atomic mass is 9.94. The van der Waals surface area contributed by atoms with E-state index < -0.39 is 5.91 Å². The first-order chi connectivity index (χ1) is 10.1. The first-order valence-electron chi connectivity index (χ1n) is 6.37. The number of fused-ring (bicyclic) bond motifs is 1. The molecule has 5 nitrogen and oxygen atoms in total. The minimum Gasteiger partial charge on any atom is -0.366 e. The molecule has 1 aromatic heterocycles. The molecule has 0 fully saturated rings. The van der Waals surface area contributed by atoms with Crippen LogP contribution in [-0.2, 0) is 7.05 Å². The van der Waals surface area contributed by atoms with Crippen molar-refractivity contribution in [2.45, 2.75) is 0 Å². The Morgan fingerprint density at radius 1 is 1.24 bits per heavy atom. The molecule has 5 heteroatoms. The summed E-state index contributed by atoms with van der Waals surface area (Å²) in [5.74, 6) is -0.514. The third kappa shape index (κ3) is 1.94. The SMILES string of the molecule is Cn1cnc2ccc(-c3ccccc3C(N)=O)c(C#N)c21. The zero-order valence-electron chi connectivity index (χ0n) is 11.4. The molecule has 0 atom stereocenters. The van der Waals surface area contributed by atoms with E-state index in [1.54, 1.807) is 35.2 Å². The summed E-state index contributed by atoms with van der Waals surface area (Å²) in [7, 11) is 1.83. The van der Waals surface area contributed by atoms with Gasteiger partial charge in [0, 0.05) is 18.2 Å². The molecule has 0 unspecified atom stereocenters. The fraction of sp³-hybridized carbons (Fsp3) is 0.0625. The maximum Gasteiger partial charge on any atom is 0.249 e. The van der Waals surface area contributed by atoms with Gasteiger partial charge in [0.15, 0.2) is 0 Å². The Kier molecular flexibility index (Phi) is 2.92. The van der Waals surface area contributed by atoms with Crippen molar-refractivity contribution in [3.05, 3.63) is 53.9 Å². The number of aryl methyl sites for hydroxylation is 1. The molecule has 21 heavy (non-hydrogen) atoms. The topological polar surface area (TPSA) is 84.7 Å². The summed E-state index contributed by atoms with van der Waals surface area (Å²) < 4.78 is 1.80. The molecular formula is C16H12N4O. The Labute approximate surface area is 121 Å². The van der Waals surface area contributed by atoms with Crippen molar-refractivity contribution < 1.29 is 4.79 Å². The number of benzene rings is 2. The van der Waals surface area contributed by atoms with Crippen molar-refractivity contribution >= 4 is 16.9 Å². The van der Waals surface area contributed by atoms with Gasteiger partial charge in [-0.1, -0.05) is 24.3 Å². The highest BCUT2D eigenvalue weighted by atomic mass is 16.1. The largest absolute Gasteiger partial charge is 0.366 e. The van der Waals surface area contributed by atoms with E-state index >= 15 is 0 Å². The number of hydrogen-bond acceptors (Lipinski definition) is 3. The minimum atomic E-state index is -0.514. The molecule has 0 spiro atoms. The number of rotatable bonds is 2. The van der Waals surface area contributed by atoms with Crippen LogP contribution in [0.2, 0.25) is 0 Å². The molecule has 102 valence electrons. The lowest BCUT2D eigenvalue weighted by Crippen LogP contribution is -2.12. The molecule has 0 aliphatic carbocycles. The van der Waals surface area contributed by atoms with Gasteiger partial charge in [-0.15, -0.1) is 0 Å². The van der Waals surface area contributed by atoms with Crippen LogP contribution in [0.4, 0.5) is 0 Å². The van der Waals surface area contributed by atoms with Gasteiger partial charge in [0.2, 0.25) is 5.91 Å². The number of nitrogens with two attached hydrogens (primary N) is 1. The average molecular weight is 276 g/mol. The highest BCUT2D eigenvalue weighted by Crippen LogP contribution is 2.31. The molecule has 2 aromatic carbocycles. The van der Waals surface area contributed by atoms with Gasteiger partial charge in [0.05, 0.1) is 22.9 Å². The van der Waals surface area contributed by atoms with E-state index in [-0.39, 0.29) is 0 Å². The van der Waals surface area contributed by atoms with Crippen LogP contribution in [0.15, 0.2) is 42.7 Å². The number of carbonyl (C=O) groups excluding carboxylic acids is 1. The van der Waals surface area contributed by atoms with E-state index in [0.717, 1.165) is 11.0 Å². The van der Waals surface area contributed by atoms with Gasteiger partial charge in [0.1, 0.15) is 6.07 Å². The second-order valence-corrected chi connectivity index (χ2v) is 4.73. The number of hydrogen-bond donors (Lipinski definition) is 1. The summed E-state index contributed by atoms with van der Waals surface area (Å²) in [5.41, 5.74) is 9.14. The average Bonchev–Trinajstić information content (AvgIpc) is 2.88. The molecule has 0 aliphatic heterocycles. The van der Waals surface area contributed by atoms with E-state index in [1.165, 1.54) is 0 Å². The van der Waals surface area contributed by atoms with Crippen LogP contribution in [-0.4, -0.2) is 15.5 Å². The molecule has 0 aliphatic rings. The maximum absolute atomic E-state index is 11.6. The second-order valence-electron chi connectivity index (χ2n) is 4.73. The van der Waals surface area contributed by atoms with Crippen molar-refractivity contribution in [2.75, 3.05) is 0 Å². The molecule has 0 saturated heterocycles. The molecule has 3 aromatic rings. The van der Waals surface area contributed by atoms with Crippen LogP contribution in [0.25, 0.3) is 22.2 Å². The normalized spacial score (nSPS) is 10.5. The third-order valence-corrected chi connectivity index (χ3v) is 3.47. The molecule has 1 heterocycles. The van der Waals surface area contributed by atoms with Gasteiger partial charge in [-0.3, -0.25) is 4.79 Å². The van der Waals surface area contributed by atoms with Crippen LogP contribution < -0.4 is 5.73 Å². The van der Waals surface area contributed by atoms with Crippen LogP contribution in [0.5, 0.6) is 0 Å². The monoisotopic (exact) mass is 276 g/mol. The fourth-order valence-corrected chi connectivity index (χ4v) is 2.52. The van der Waals surface area contributed by atoms with E-state index in [2.05, 4.69) is 11.1 Å². The van der Waals surface area contributed by atoms with Crippen molar-refractivity contribution in [1.29, 1.82) is 5.26 Å². The first-order valence-corrected chi connectivity index (χ1v) is 6.37. The number of primary amides is 1. The van der Waals surface area contributed by atoms with Gasteiger partial charge >= 0.3 is 0 Å². The van der Waals surface area contributed by atoms with E-state index in [1.807, 2.05) is 19.2 Å². The Morgan fingerprint density at radius 3 is 2.71 bits per heavy atom. The smallest absolute Gasteiger partial charge is 0.249 e. The molecule has 1 amide bonds. The molecule has 0 saturated carbocycles. The summed E-state index contributed by atoms with van der Waals surface area (Å²) in [5, 5.41) is 9.54. The second kappa shape index (κ2) is 4.76. The predicted octanol–water partition coefficient (Wildman–Crippen LogP) is 2.21. The number of amides is 1. The number of nitriles is 1. The van der Waals surface area contributed by atoms with Gasteiger partial charge in [-0.05, 0) is 17.7 Å². The van der Waals surface area contributed by atoms with Gasteiger partial charge < -0.3 is 10.3 Å². The highest BCUT2D eigenvalue weighted by Gasteiger charge is 2.16. The van der Waals surface area contributed by atoms with Gasteiger partial charge in [0.25, 0.3) is 0 Å². The highest BCUT2D eigenvalue weighted by molar-refractivity contribution is 6.02.